The summed E-state index contributed by atoms with van der Waals surface area (Å²) in [6.07, 6.45) is -5.56. The number of pyridine rings is 1. The Kier molecular flexibility index (Phi) is 6.64. The largest absolute Gasteiger partial charge is 0.387 e. The lowest BCUT2D eigenvalue weighted by atomic mass is 9.90. The highest BCUT2D eigenvalue weighted by atomic mass is 35.5. The van der Waals surface area contributed by atoms with Crippen molar-refractivity contribution >= 4 is 45.9 Å². The second-order valence-electron chi connectivity index (χ2n) is 8.25. The van der Waals surface area contributed by atoms with Crippen molar-refractivity contribution in [1.82, 2.24) is 14.5 Å². The minimum atomic E-state index is -4.89. The highest BCUT2D eigenvalue weighted by Gasteiger charge is 2.46. The van der Waals surface area contributed by atoms with Crippen molar-refractivity contribution in [3.05, 3.63) is 17.0 Å². The number of hydrogen-bond acceptors (Lipinski definition) is 10. The van der Waals surface area contributed by atoms with Crippen molar-refractivity contribution in [3.8, 4) is 6.07 Å². The summed E-state index contributed by atoms with van der Waals surface area (Å²) < 4.78 is 55.3. The maximum absolute atomic E-state index is 13.3. The molecule has 13 nitrogen and oxygen atoms in total. The Bertz CT molecular complexity index is 1310. The molecule has 4 atom stereocenters. The van der Waals surface area contributed by atoms with Crippen molar-refractivity contribution in [2.24, 2.45) is 0 Å². The third kappa shape index (κ3) is 4.91. The molecule has 186 valence electrons. The van der Waals surface area contributed by atoms with Gasteiger partial charge in [0.25, 0.3) is 0 Å². The first-order valence-corrected chi connectivity index (χ1v) is 13.9. The first-order chi connectivity index (χ1) is 15.8. The summed E-state index contributed by atoms with van der Waals surface area (Å²) in [6, 6.07) is 1.66. The van der Waals surface area contributed by atoms with Crippen LogP contribution in [0.3, 0.4) is 0 Å². The lowest BCUT2D eigenvalue weighted by Gasteiger charge is -2.31. The van der Waals surface area contributed by atoms with Crippen LogP contribution in [0.2, 0.25) is 5.15 Å². The average Bonchev–Trinajstić information content (AvgIpc) is 3.20. The zero-order valence-electron chi connectivity index (χ0n) is 17.2. The van der Waals surface area contributed by atoms with Gasteiger partial charge < -0.3 is 30.1 Å². The number of sulfone groups is 1. The standard InChI is InChI=1S/C17H20ClFN5O8PS/c18-15-9(3-20)11(22-8-1-7(19)2-8)12-16(23-15)24(5-21-12)17-14(26)13(25)10(32-17)4-34(30,31)6-33(27,28)29/h5,7-8,10,13-14,17,25-26H,1-2,4,6H2,(H,22,23)(H2,27,28,29)/t7?,8?,10-,13-,14-,17-/m1/s1. The summed E-state index contributed by atoms with van der Waals surface area (Å²) in [4.78, 5) is 26.2. The van der Waals surface area contributed by atoms with E-state index >= 15 is 0 Å². The van der Waals surface area contributed by atoms with E-state index in [0.29, 0.717) is 0 Å². The molecule has 1 saturated heterocycles. The van der Waals surface area contributed by atoms with Crippen molar-refractivity contribution in [1.29, 1.82) is 5.26 Å². The molecule has 34 heavy (non-hydrogen) atoms. The van der Waals surface area contributed by atoms with Crippen LogP contribution in [0.1, 0.15) is 24.6 Å². The predicted octanol–water partition coefficient (Wildman–Crippen LogP) is 0.0380. The van der Waals surface area contributed by atoms with Gasteiger partial charge in [0, 0.05) is 6.04 Å². The molecule has 1 saturated carbocycles. The Morgan fingerprint density at radius 1 is 1.35 bits per heavy atom. The van der Waals surface area contributed by atoms with E-state index in [4.69, 9.17) is 26.1 Å². The molecule has 0 amide bonds. The summed E-state index contributed by atoms with van der Waals surface area (Å²) >= 11 is 6.17. The van der Waals surface area contributed by atoms with Gasteiger partial charge in [0.15, 0.2) is 32.4 Å². The first-order valence-electron chi connectivity index (χ1n) is 9.93. The number of aromatic nitrogens is 3. The number of nitriles is 1. The molecule has 0 spiro atoms. The molecule has 2 aromatic heterocycles. The molecular formula is C17H20ClFN5O8PS. The lowest BCUT2D eigenvalue weighted by molar-refractivity contribution is -0.0292. The van der Waals surface area contributed by atoms with E-state index in [1.807, 2.05) is 6.07 Å². The molecule has 4 rings (SSSR count). The van der Waals surface area contributed by atoms with Crippen LogP contribution in [0.4, 0.5) is 10.1 Å². The minimum absolute atomic E-state index is 0.0175. The average molecular weight is 540 g/mol. The second kappa shape index (κ2) is 8.96. The Morgan fingerprint density at radius 2 is 2.03 bits per heavy atom. The number of imidazole rings is 1. The third-order valence-electron chi connectivity index (χ3n) is 5.60. The second-order valence-corrected chi connectivity index (χ2v) is 12.8. The molecule has 0 bridgehead atoms. The fraction of sp³-hybridized carbons (Fsp3) is 0.588. The Hall–Kier alpha value is -1.89. The van der Waals surface area contributed by atoms with Crippen LogP contribution in [0.15, 0.2) is 6.33 Å². The highest BCUT2D eigenvalue weighted by Crippen LogP contribution is 2.39. The van der Waals surface area contributed by atoms with Gasteiger partial charge in [-0.05, 0) is 12.8 Å². The molecule has 2 aromatic rings. The molecule has 1 aliphatic heterocycles. The zero-order valence-corrected chi connectivity index (χ0v) is 19.7. The summed E-state index contributed by atoms with van der Waals surface area (Å²) in [5.41, 5.74) is -1.05. The molecule has 0 radical (unpaired) electrons. The van der Waals surface area contributed by atoms with Gasteiger partial charge in [0.1, 0.15) is 41.6 Å². The maximum Gasteiger partial charge on any atom is 0.340 e. The van der Waals surface area contributed by atoms with E-state index in [1.165, 1.54) is 10.9 Å². The Balaban J connectivity index is 1.65. The van der Waals surface area contributed by atoms with Gasteiger partial charge >= 0.3 is 7.60 Å². The van der Waals surface area contributed by atoms with Gasteiger partial charge in [-0.15, -0.1) is 0 Å². The van der Waals surface area contributed by atoms with Crippen LogP contribution in [0, 0.1) is 11.3 Å². The lowest BCUT2D eigenvalue weighted by Crippen LogP contribution is -2.37. The Labute approximate surface area is 197 Å². The molecule has 5 N–H and O–H groups in total. The number of hydrogen-bond donors (Lipinski definition) is 5. The number of halogens is 2. The molecular weight excluding hydrogens is 520 g/mol. The van der Waals surface area contributed by atoms with Crippen LogP contribution in [0.25, 0.3) is 11.2 Å². The van der Waals surface area contributed by atoms with Crippen molar-refractivity contribution in [3.63, 3.8) is 0 Å². The first kappa shape index (κ1) is 25.2. The van der Waals surface area contributed by atoms with E-state index in [1.54, 1.807) is 0 Å². The topological polar surface area (TPSA) is 208 Å². The van der Waals surface area contributed by atoms with Crippen LogP contribution in [-0.2, 0) is 19.1 Å². The predicted molar refractivity (Wildman–Crippen MR) is 115 cm³/mol. The summed E-state index contributed by atoms with van der Waals surface area (Å²) in [5.74, 6) is -0.953. The van der Waals surface area contributed by atoms with Crippen LogP contribution in [-0.4, -0.2) is 84.7 Å². The fourth-order valence-electron chi connectivity index (χ4n) is 3.97. The van der Waals surface area contributed by atoms with E-state index in [-0.39, 0.29) is 46.5 Å². The van der Waals surface area contributed by atoms with Gasteiger partial charge in [-0.2, -0.15) is 5.26 Å². The maximum atomic E-state index is 13.3. The van der Waals surface area contributed by atoms with E-state index < -0.39 is 59.4 Å². The molecule has 2 aliphatic rings. The zero-order chi connectivity index (χ0) is 25.0. The molecule has 17 heteroatoms. The number of nitrogens with one attached hydrogen (secondary N) is 1. The normalized spacial score (nSPS) is 29.7. The van der Waals surface area contributed by atoms with E-state index in [0.717, 1.165) is 0 Å². The van der Waals surface area contributed by atoms with Crippen LogP contribution in [0.5, 0.6) is 0 Å². The number of ether oxygens (including phenoxy) is 1. The Morgan fingerprint density at radius 3 is 2.62 bits per heavy atom. The summed E-state index contributed by atoms with van der Waals surface area (Å²) in [7, 11) is -9.24. The van der Waals surface area contributed by atoms with Gasteiger partial charge in [-0.3, -0.25) is 9.13 Å². The fourth-order valence-corrected chi connectivity index (χ4v) is 7.43. The molecule has 0 unspecified atom stereocenters. The van der Waals surface area contributed by atoms with Crippen molar-refractivity contribution < 1.29 is 42.1 Å². The monoisotopic (exact) mass is 539 g/mol. The minimum Gasteiger partial charge on any atom is -0.387 e. The van der Waals surface area contributed by atoms with Gasteiger partial charge in [0.05, 0.1) is 17.8 Å². The van der Waals surface area contributed by atoms with E-state index in [9.17, 15) is 32.8 Å². The van der Waals surface area contributed by atoms with Crippen molar-refractivity contribution in [2.75, 3.05) is 16.6 Å². The number of aliphatic hydroxyl groups excluding tert-OH is 2. The van der Waals surface area contributed by atoms with Gasteiger partial charge in [0.2, 0.25) is 0 Å². The third-order valence-corrected chi connectivity index (χ3v) is 9.63. The number of aliphatic hydroxyl groups is 2. The highest BCUT2D eigenvalue weighted by molar-refractivity contribution is 7.97. The van der Waals surface area contributed by atoms with Crippen molar-refractivity contribution in [2.45, 2.75) is 49.6 Å². The SMILES string of the molecule is N#Cc1c(Cl)nc2c(ncn2[C@@H]2O[C@H](CS(=O)(=O)CP(=O)(O)O)[C@@H](O)[C@H]2O)c1NC1CC(F)C1. The number of alkyl halides is 1. The number of rotatable bonds is 7. The number of fused-ring (bicyclic) bond motifs is 1. The molecule has 1 aliphatic carbocycles. The van der Waals surface area contributed by atoms with Crippen LogP contribution >= 0.6 is 19.2 Å². The summed E-state index contributed by atoms with van der Waals surface area (Å²) in [6.45, 7) is 0. The molecule has 2 fully saturated rings. The quantitative estimate of drug-likeness (QED) is 0.233. The number of nitrogens with zero attached hydrogens (tertiary/aromatic N) is 4. The number of anilines is 1. The van der Waals surface area contributed by atoms with Crippen LogP contribution < -0.4 is 5.32 Å². The van der Waals surface area contributed by atoms with E-state index in [2.05, 4.69) is 15.3 Å². The molecule has 0 aromatic carbocycles. The summed E-state index contributed by atoms with van der Waals surface area (Å²) in [5, 5.41) is 33.2. The smallest absolute Gasteiger partial charge is 0.340 e. The van der Waals surface area contributed by atoms with Gasteiger partial charge in [-0.1, -0.05) is 11.6 Å². The van der Waals surface area contributed by atoms with Gasteiger partial charge in [-0.25, -0.2) is 22.8 Å². The molecule has 3 heterocycles.